The van der Waals surface area contributed by atoms with Gasteiger partial charge in [0.2, 0.25) is 5.91 Å². The SMILES string of the molecule is C[C@@H](OCc1ccccc1)C(=O)NCc1cccc(Cn2ccnc2)c1. The quantitative estimate of drug-likeness (QED) is 0.680. The molecule has 5 nitrogen and oxygen atoms in total. The first-order valence-electron chi connectivity index (χ1n) is 8.67. The van der Waals surface area contributed by atoms with Crippen molar-refractivity contribution < 1.29 is 9.53 Å². The highest BCUT2D eigenvalue weighted by atomic mass is 16.5. The largest absolute Gasteiger partial charge is 0.364 e. The van der Waals surface area contributed by atoms with E-state index in [4.69, 9.17) is 4.74 Å². The van der Waals surface area contributed by atoms with E-state index in [0.717, 1.165) is 17.7 Å². The van der Waals surface area contributed by atoms with Gasteiger partial charge in [-0.25, -0.2) is 4.98 Å². The number of carbonyl (C=O) groups excluding carboxylic acids is 1. The lowest BCUT2D eigenvalue weighted by Crippen LogP contribution is -2.34. The second-order valence-electron chi connectivity index (χ2n) is 6.21. The Kier molecular flexibility index (Phi) is 6.17. The van der Waals surface area contributed by atoms with Gasteiger partial charge in [0.05, 0.1) is 12.9 Å². The highest BCUT2D eigenvalue weighted by molar-refractivity contribution is 5.80. The molecule has 0 aliphatic rings. The number of rotatable bonds is 8. The van der Waals surface area contributed by atoms with Crippen molar-refractivity contribution in [2.75, 3.05) is 0 Å². The highest BCUT2D eigenvalue weighted by Crippen LogP contribution is 2.08. The Morgan fingerprint density at radius 2 is 1.88 bits per heavy atom. The zero-order valence-electron chi connectivity index (χ0n) is 14.8. The first-order chi connectivity index (χ1) is 12.7. The lowest BCUT2D eigenvalue weighted by Gasteiger charge is -2.14. The standard InChI is InChI=1S/C21H23N3O2/c1-17(26-15-18-6-3-2-4-7-18)21(25)23-13-19-8-5-9-20(12-19)14-24-11-10-22-16-24/h2-12,16-17H,13-15H2,1H3,(H,23,25)/t17-/m1/s1. The number of aromatic nitrogens is 2. The molecule has 0 unspecified atom stereocenters. The summed E-state index contributed by atoms with van der Waals surface area (Å²) < 4.78 is 7.66. The van der Waals surface area contributed by atoms with E-state index in [-0.39, 0.29) is 5.91 Å². The van der Waals surface area contributed by atoms with Gasteiger partial charge in [-0.15, -0.1) is 0 Å². The Balaban J connectivity index is 1.47. The summed E-state index contributed by atoms with van der Waals surface area (Å²) in [6.45, 7) is 3.44. The summed E-state index contributed by atoms with van der Waals surface area (Å²) >= 11 is 0. The number of hydrogen-bond donors (Lipinski definition) is 1. The van der Waals surface area contributed by atoms with Crippen LogP contribution in [0.4, 0.5) is 0 Å². The molecule has 0 radical (unpaired) electrons. The third-order valence-electron chi connectivity index (χ3n) is 4.09. The molecule has 3 aromatic rings. The van der Waals surface area contributed by atoms with Gasteiger partial charge in [0.25, 0.3) is 0 Å². The number of imidazole rings is 1. The summed E-state index contributed by atoms with van der Waals surface area (Å²) in [5, 5.41) is 2.94. The Hall–Kier alpha value is -2.92. The molecule has 0 fully saturated rings. The van der Waals surface area contributed by atoms with Gasteiger partial charge in [-0.05, 0) is 23.6 Å². The molecule has 134 valence electrons. The fourth-order valence-electron chi connectivity index (χ4n) is 2.63. The molecule has 5 heteroatoms. The van der Waals surface area contributed by atoms with E-state index < -0.39 is 6.10 Å². The topological polar surface area (TPSA) is 56.1 Å². The fraction of sp³-hybridized carbons (Fsp3) is 0.238. The van der Waals surface area contributed by atoms with Crippen LogP contribution < -0.4 is 5.32 Å². The zero-order valence-corrected chi connectivity index (χ0v) is 14.8. The van der Waals surface area contributed by atoms with Crippen LogP contribution in [0.5, 0.6) is 0 Å². The van der Waals surface area contributed by atoms with Crippen LogP contribution >= 0.6 is 0 Å². The van der Waals surface area contributed by atoms with Crippen molar-refractivity contribution in [1.29, 1.82) is 0 Å². The molecule has 0 aliphatic carbocycles. The summed E-state index contributed by atoms with van der Waals surface area (Å²) in [6, 6.07) is 18.0. The zero-order chi connectivity index (χ0) is 18.2. The van der Waals surface area contributed by atoms with E-state index in [1.54, 1.807) is 19.4 Å². The molecule has 0 saturated carbocycles. The Labute approximate surface area is 153 Å². The van der Waals surface area contributed by atoms with E-state index in [1.807, 2.05) is 53.2 Å². The van der Waals surface area contributed by atoms with Gasteiger partial charge in [-0.1, -0.05) is 54.6 Å². The minimum atomic E-state index is -0.496. The van der Waals surface area contributed by atoms with Crippen molar-refractivity contribution in [1.82, 2.24) is 14.9 Å². The maximum absolute atomic E-state index is 12.2. The molecule has 1 atom stereocenters. The third kappa shape index (κ3) is 5.29. The normalized spacial score (nSPS) is 11.9. The molecule has 0 aliphatic heterocycles. The molecular formula is C21H23N3O2. The van der Waals surface area contributed by atoms with Crippen molar-refractivity contribution in [3.8, 4) is 0 Å². The summed E-state index contributed by atoms with van der Waals surface area (Å²) in [5.74, 6) is -0.110. The van der Waals surface area contributed by atoms with E-state index >= 15 is 0 Å². The van der Waals surface area contributed by atoms with E-state index in [0.29, 0.717) is 13.2 Å². The number of hydrogen-bond acceptors (Lipinski definition) is 3. The van der Waals surface area contributed by atoms with Crippen LogP contribution in [0, 0.1) is 0 Å². The van der Waals surface area contributed by atoms with Crippen molar-refractivity contribution in [2.24, 2.45) is 0 Å². The summed E-state index contributed by atoms with van der Waals surface area (Å²) in [4.78, 5) is 16.3. The first kappa shape index (κ1) is 17.9. The predicted molar refractivity (Wildman–Crippen MR) is 100 cm³/mol. The first-order valence-corrected chi connectivity index (χ1v) is 8.67. The molecular weight excluding hydrogens is 326 g/mol. The van der Waals surface area contributed by atoms with E-state index in [1.165, 1.54) is 5.56 Å². The van der Waals surface area contributed by atoms with Crippen LogP contribution in [0.3, 0.4) is 0 Å². The number of amides is 1. The summed E-state index contributed by atoms with van der Waals surface area (Å²) in [7, 11) is 0. The maximum Gasteiger partial charge on any atom is 0.249 e. The monoisotopic (exact) mass is 349 g/mol. The number of nitrogens with one attached hydrogen (secondary N) is 1. The smallest absolute Gasteiger partial charge is 0.249 e. The third-order valence-corrected chi connectivity index (χ3v) is 4.09. The molecule has 0 spiro atoms. The molecule has 1 N–H and O–H groups in total. The summed E-state index contributed by atoms with van der Waals surface area (Å²) in [5.41, 5.74) is 3.29. The Bertz CT molecular complexity index is 816. The van der Waals surface area contributed by atoms with Crippen LogP contribution in [0.2, 0.25) is 0 Å². The van der Waals surface area contributed by atoms with E-state index in [9.17, 15) is 4.79 Å². The Morgan fingerprint density at radius 1 is 1.12 bits per heavy atom. The average Bonchev–Trinajstić information content (AvgIpc) is 3.18. The molecule has 0 saturated heterocycles. The van der Waals surface area contributed by atoms with Crippen molar-refractivity contribution >= 4 is 5.91 Å². The molecule has 0 bridgehead atoms. The average molecular weight is 349 g/mol. The van der Waals surface area contributed by atoms with Crippen LogP contribution in [-0.2, 0) is 29.2 Å². The Morgan fingerprint density at radius 3 is 2.65 bits per heavy atom. The molecule has 1 amide bonds. The van der Waals surface area contributed by atoms with Crippen LogP contribution in [-0.4, -0.2) is 21.6 Å². The number of carbonyl (C=O) groups is 1. The maximum atomic E-state index is 12.2. The van der Waals surface area contributed by atoms with Gasteiger partial charge in [-0.3, -0.25) is 4.79 Å². The molecule has 1 aromatic heterocycles. The highest BCUT2D eigenvalue weighted by Gasteiger charge is 2.13. The van der Waals surface area contributed by atoms with Crippen molar-refractivity contribution in [3.05, 3.63) is 90.0 Å². The molecule has 3 rings (SSSR count). The minimum Gasteiger partial charge on any atom is -0.364 e. The van der Waals surface area contributed by atoms with Crippen LogP contribution in [0.15, 0.2) is 73.3 Å². The minimum absolute atomic E-state index is 0.110. The number of ether oxygens (including phenoxy) is 1. The molecule has 1 heterocycles. The van der Waals surface area contributed by atoms with Gasteiger partial charge in [0.1, 0.15) is 6.10 Å². The van der Waals surface area contributed by atoms with Gasteiger partial charge in [0, 0.05) is 25.5 Å². The van der Waals surface area contributed by atoms with Crippen LogP contribution in [0.25, 0.3) is 0 Å². The fourth-order valence-corrected chi connectivity index (χ4v) is 2.63. The van der Waals surface area contributed by atoms with Crippen LogP contribution in [0.1, 0.15) is 23.6 Å². The molecule has 2 aromatic carbocycles. The second-order valence-corrected chi connectivity index (χ2v) is 6.21. The lowest BCUT2D eigenvalue weighted by atomic mass is 10.1. The molecule has 26 heavy (non-hydrogen) atoms. The predicted octanol–water partition coefficient (Wildman–Crippen LogP) is 3.15. The van der Waals surface area contributed by atoms with Gasteiger partial charge >= 0.3 is 0 Å². The van der Waals surface area contributed by atoms with Crippen molar-refractivity contribution in [3.63, 3.8) is 0 Å². The number of benzene rings is 2. The number of nitrogens with zero attached hydrogens (tertiary/aromatic N) is 2. The lowest BCUT2D eigenvalue weighted by molar-refractivity contribution is -0.132. The van der Waals surface area contributed by atoms with Gasteiger partial charge in [0.15, 0.2) is 0 Å². The summed E-state index contributed by atoms with van der Waals surface area (Å²) in [6.07, 6.45) is 4.99. The van der Waals surface area contributed by atoms with Gasteiger partial charge < -0.3 is 14.6 Å². The second kappa shape index (κ2) is 8.97. The van der Waals surface area contributed by atoms with E-state index in [2.05, 4.69) is 22.4 Å². The van der Waals surface area contributed by atoms with Crippen molar-refractivity contribution in [2.45, 2.75) is 32.7 Å². The van der Waals surface area contributed by atoms with Gasteiger partial charge in [-0.2, -0.15) is 0 Å².